The van der Waals surface area contributed by atoms with Crippen molar-refractivity contribution in [1.29, 1.82) is 0 Å². The minimum Gasteiger partial charge on any atom is -0.493 e. The lowest BCUT2D eigenvalue weighted by Crippen LogP contribution is -2.35. The zero-order valence-corrected chi connectivity index (χ0v) is 17.5. The summed E-state index contributed by atoms with van der Waals surface area (Å²) in [5.41, 5.74) is 0.834. The van der Waals surface area contributed by atoms with Crippen LogP contribution < -0.4 is 4.74 Å². The van der Waals surface area contributed by atoms with Gasteiger partial charge in [-0.1, -0.05) is 25.8 Å². The van der Waals surface area contributed by atoms with Crippen molar-refractivity contribution in [3.05, 3.63) is 45.4 Å². The van der Waals surface area contributed by atoms with Crippen molar-refractivity contribution >= 4 is 11.3 Å². The van der Waals surface area contributed by atoms with Crippen molar-refractivity contribution in [2.75, 3.05) is 32.9 Å². The summed E-state index contributed by atoms with van der Waals surface area (Å²) in [7, 11) is 0. The van der Waals surface area contributed by atoms with Crippen molar-refractivity contribution in [2.45, 2.75) is 45.3 Å². The summed E-state index contributed by atoms with van der Waals surface area (Å²) in [6.07, 6.45) is -1.37. The van der Waals surface area contributed by atoms with Gasteiger partial charge in [0.05, 0.1) is 36.1 Å². The molecule has 0 atom stereocenters. The van der Waals surface area contributed by atoms with E-state index < -0.39 is 11.7 Å². The predicted molar refractivity (Wildman–Crippen MR) is 107 cm³/mol. The molecule has 0 unspecified atom stereocenters. The molecule has 8 heteroatoms. The molecule has 0 radical (unpaired) electrons. The largest absolute Gasteiger partial charge is 0.493 e. The average Bonchev–Trinajstić information content (AvgIpc) is 3.13. The van der Waals surface area contributed by atoms with Gasteiger partial charge in [0, 0.05) is 31.4 Å². The van der Waals surface area contributed by atoms with Crippen molar-refractivity contribution in [1.82, 2.24) is 9.88 Å². The molecule has 29 heavy (non-hydrogen) atoms. The molecule has 0 aliphatic carbocycles. The van der Waals surface area contributed by atoms with Gasteiger partial charge < -0.3 is 9.47 Å². The Bertz CT molecular complexity index is 774. The number of ether oxygens (including phenoxy) is 2. The second-order valence-electron chi connectivity index (χ2n) is 7.18. The van der Waals surface area contributed by atoms with Crippen LogP contribution in [-0.2, 0) is 23.9 Å². The molecule has 1 aliphatic heterocycles. The summed E-state index contributed by atoms with van der Waals surface area (Å²) in [6.45, 7) is 6.30. The van der Waals surface area contributed by atoms with Crippen molar-refractivity contribution in [3.63, 3.8) is 0 Å². The maximum absolute atomic E-state index is 13.5. The first-order valence-corrected chi connectivity index (χ1v) is 10.9. The van der Waals surface area contributed by atoms with E-state index in [1.807, 2.05) is 12.3 Å². The van der Waals surface area contributed by atoms with E-state index in [0.717, 1.165) is 62.8 Å². The summed E-state index contributed by atoms with van der Waals surface area (Å²) in [5.74, 6) is -0.0931. The fraction of sp³-hybridized carbons (Fsp3) is 0.571. The number of alkyl halides is 3. The van der Waals surface area contributed by atoms with Gasteiger partial charge in [0.25, 0.3) is 0 Å². The number of nitrogens with zero attached hydrogens (tertiary/aromatic N) is 2. The lowest BCUT2D eigenvalue weighted by Gasteiger charge is -2.25. The Hall–Kier alpha value is -1.64. The Morgan fingerprint density at radius 1 is 1.21 bits per heavy atom. The highest BCUT2D eigenvalue weighted by Crippen LogP contribution is 2.37. The normalized spacial score (nSPS) is 15.6. The monoisotopic (exact) mass is 428 g/mol. The van der Waals surface area contributed by atoms with Gasteiger partial charge in [-0.3, -0.25) is 4.90 Å². The lowest BCUT2D eigenvalue weighted by atomic mass is 10.1. The van der Waals surface area contributed by atoms with E-state index >= 15 is 0 Å². The minimum absolute atomic E-state index is 0.0931. The number of thiazole rings is 1. The lowest BCUT2D eigenvalue weighted by molar-refractivity contribution is -0.139. The average molecular weight is 429 g/mol. The van der Waals surface area contributed by atoms with Crippen molar-refractivity contribution in [2.24, 2.45) is 0 Å². The van der Waals surface area contributed by atoms with E-state index in [1.54, 1.807) is 6.07 Å². The Balaban J connectivity index is 1.65. The summed E-state index contributed by atoms with van der Waals surface area (Å²) in [5, 5.41) is 2.80. The van der Waals surface area contributed by atoms with Gasteiger partial charge in [0.2, 0.25) is 0 Å². The SMILES string of the molecule is CCCCCOc1ccc(Cc2nc(CN3CCOCC3)cs2)cc1C(F)(F)F. The van der Waals surface area contributed by atoms with Crippen LogP contribution in [0.3, 0.4) is 0 Å². The zero-order chi connectivity index (χ0) is 20.7. The molecule has 0 saturated carbocycles. The fourth-order valence-electron chi connectivity index (χ4n) is 3.23. The number of aromatic nitrogens is 1. The predicted octanol–water partition coefficient (Wildman–Crippen LogP) is 5.15. The van der Waals surface area contributed by atoms with Gasteiger partial charge in [-0.25, -0.2) is 4.98 Å². The molecule has 1 fully saturated rings. The Kier molecular flexibility index (Phi) is 7.91. The molecule has 0 N–H and O–H groups in total. The van der Waals surface area contributed by atoms with Crippen LogP contribution in [0.25, 0.3) is 0 Å². The van der Waals surface area contributed by atoms with Crippen LogP contribution in [0.4, 0.5) is 13.2 Å². The van der Waals surface area contributed by atoms with Gasteiger partial charge in [0.1, 0.15) is 5.75 Å². The summed E-state index contributed by atoms with van der Waals surface area (Å²) in [4.78, 5) is 6.88. The third-order valence-electron chi connectivity index (χ3n) is 4.80. The van der Waals surface area contributed by atoms with E-state index in [2.05, 4.69) is 9.88 Å². The molecule has 2 aromatic rings. The van der Waals surface area contributed by atoms with Crippen LogP contribution in [0, 0.1) is 0 Å². The molecular formula is C21H27F3N2O2S. The summed E-state index contributed by atoms with van der Waals surface area (Å²) < 4.78 is 51.3. The number of rotatable bonds is 9. The molecule has 4 nitrogen and oxygen atoms in total. The van der Waals surface area contributed by atoms with E-state index in [-0.39, 0.29) is 5.75 Å². The van der Waals surface area contributed by atoms with Gasteiger partial charge in [-0.15, -0.1) is 11.3 Å². The smallest absolute Gasteiger partial charge is 0.419 e. The van der Waals surface area contributed by atoms with Gasteiger partial charge in [-0.05, 0) is 24.1 Å². The molecule has 1 aromatic carbocycles. The highest BCUT2D eigenvalue weighted by molar-refractivity contribution is 7.09. The van der Waals surface area contributed by atoms with Crippen LogP contribution in [0.2, 0.25) is 0 Å². The second-order valence-corrected chi connectivity index (χ2v) is 8.12. The molecule has 160 valence electrons. The maximum Gasteiger partial charge on any atom is 0.419 e. The van der Waals surface area contributed by atoms with Gasteiger partial charge in [-0.2, -0.15) is 13.2 Å². The van der Waals surface area contributed by atoms with E-state index in [0.29, 0.717) is 18.6 Å². The van der Waals surface area contributed by atoms with Crippen molar-refractivity contribution < 1.29 is 22.6 Å². The van der Waals surface area contributed by atoms with Gasteiger partial charge in [0.15, 0.2) is 0 Å². The van der Waals surface area contributed by atoms with Crippen LogP contribution >= 0.6 is 11.3 Å². The molecule has 3 rings (SSSR count). The molecule has 0 amide bonds. The van der Waals surface area contributed by atoms with E-state index in [4.69, 9.17) is 9.47 Å². The number of morpholine rings is 1. The number of unbranched alkanes of at least 4 members (excludes halogenated alkanes) is 2. The quantitative estimate of drug-likeness (QED) is 0.517. The molecule has 1 saturated heterocycles. The first kappa shape index (κ1) is 22.1. The maximum atomic E-state index is 13.5. The topological polar surface area (TPSA) is 34.6 Å². The second kappa shape index (κ2) is 10.4. The zero-order valence-electron chi connectivity index (χ0n) is 16.6. The first-order chi connectivity index (χ1) is 14.0. The highest BCUT2D eigenvalue weighted by Gasteiger charge is 2.34. The number of benzene rings is 1. The molecule has 2 heterocycles. The minimum atomic E-state index is -4.44. The first-order valence-electron chi connectivity index (χ1n) is 10.0. The van der Waals surface area contributed by atoms with E-state index in [9.17, 15) is 13.2 Å². The Labute approximate surface area is 173 Å². The van der Waals surface area contributed by atoms with Gasteiger partial charge >= 0.3 is 6.18 Å². The Morgan fingerprint density at radius 3 is 2.72 bits per heavy atom. The fourth-order valence-corrected chi connectivity index (χ4v) is 4.05. The van der Waals surface area contributed by atoms with Crippen molar-refractivity contribution in [3.8, 4) is 5.75 Å². The number of hydrogen-bond donors (Lipinski definition) is 0. The summed E-state index contributed by atoms with van der Waals surface area (Å²) >= 11 is 1.49. The standard InChI is InChI=1S/C21H27F3N2O2S/c1-2-3-4-9-28-19-6-5-16(12-18(19)21(22,23)24)13-20-25-17(15-29-20)14-26-7-10-27-11-8-26/h5-6,12,15H,2-4,7-11,13-14H2,1H3. The Morgan fingerprint density at radius 2 is 2.00 bits per heavy atom. The third kappa shape index (κ3) is 6.69. The van der Waals surface area contributed by atoms with Crippen LogP contribution in [0.5, 0.6) is 5.75 Å². The number of halogens is 3. The highest BCUT2D eigenvalue weighted by atomic mass is 32.1. The number of hydrogen-bond acceptors (Lipinski definition) is 5. The molecule has 0 bridgehead atoms. The molecule has 1 aliphatic rings. The van der Waals surface area contributed by atoms with Crippen LogP contribution in [0.15, 0.2) is 23.6 Å². The molecule has 1 aromatic heterocycles. The van der Waals surface area contributed by atoms with Crippen LogP contribution in [-0.4, -0.2) is 42.8 Å². The summed E-state index contributed by atoms with van der Waals surface area (Å²) in [6, 6.07) is 4.33. The van der Waals surface area contributed by atoms with E-state index in [1.165, 1.54) is 23.5 Å². The van der Waals surface area contributed by atoms with Crippen LogP contribution in [0.1, 0.15) is 48.0 Å². The molecule has 0 spiro atoms. The third-order valence-corrected chi connectivity index (χ3v) is 5.70. The molecular weight excluding hydrogens is 401 g/mol.